The van der Waals surface area contributed by atoms with Crippen molar-refractivity contribution in [1.29, 1.82) is 0 Å². The third-order valence-electron chi connectivity index (χ3n) is 3.56. The van der Waals surface area contributed by atoms with Gasteiger partial charge >= 0.3 is 6.18 Å². The standard InChI is InChI=1S/C17H18F3N/c1-11(2)12-3-5-13(6-4-12)16(21)14-7-9-15(10-8-14)17(18,19)20/h3-11,16H,21H2,1-2H3. The van der Waals surface area contributed by atoms with Crippen LogP contribution in [-0.4, -0.2) is 0 Å². The Bertz CT molecular complexity index is 583. The lowest BCUT2D eigenvalue weighted by Crippen LogP contribution is -2.12. The Kier molecular flexibility index (Phi) is 4.37. The van der Waals surface area contributed by atoms with Crippen molar-refractivity contribution >= 4 is 0 Å². The second kappa shape index (κ2) is 5.90. The zero-order chi connectivity index (χ0) is 15.6. The van der Waals surface area contributed by atoms with Crippen LogP contribution in [0.15, 0.2) is 48.5 Å². The minimum atomic E-state index is -4.32. The fourth-order valence-corrected chi connectivity index (χ4v) is 2.16. The molecule has 2 rings (SSSR count). The van der Waals surface area contributed by atoms with Gasteiger partial charge in [0.1, 0.15) is 0 Å². The van der Waals surface area contributed by atoms with Crippen molar-refractivity contribution in [2.75, 3.05) is 0 Å². The molecule has 0 saturated carbocycles. The number of hydrogen-bond donors (Lipinski definition) is 1. The van der Waals surface area contributed by atoms with E-state index < -0.39 is 17.8 Å². The third-order valence-corrected chi connectivity index (χ3v) is 3.56. The number of halogens is 3. The smallest absolute Gasteiger partial charge is 0.320 e. The lowest BCUT2D eigenvalue weighted by molar-refractivity contribution is -0.137. The summed E-state index contributed by atoms with van der Waals surface area (Å²) in [5, 5.41) is 0. The summed E-state index contributed by atoms with van der Waals surface area (Å²) < 4.78 is 37.6. The molecule has 0 aliphatic carbocycles. The van der Waals surface area contributed by atoms with Gasteiger partial charge in [-0.3, -0.25) is 0 Å². The Labute approximate surface area is 122 Å². The molecular weight excluding hydrogens is 275 g/mol. The molecule has 112 valence electrons. The summed E-state index contributed by atoms with van der Waals surface area (Å²) in [4.78, 5) is 0. The monoisotopic (exact) mass is 293 g/mol. The number of alkyl halides is 3. The van der Waals surface area contributed by atoms with Gasteiger partial charge in [-0.15, -0.1) is 0 Å². The van der Waals surface area contributed by atoms with Crippen LogP contribution >= 0.6 is 0 Å². The summed E-state index contributed by atoms with van der Waals surface area (Å²) in [5.41, 5.74) is 8.22. The fraction of sp³-hybridized carbons (Fsp3) is 0.294. The van der Waals surface area contributed by atoms with Crippen LogP contribution in [0.3, 0.4) is 0 Å². The number of nitrogens with two attached hydrogens (primary N) is 1. The van der Waals surface area contributed by atoms with Gasteiger partial charge in [0.2, 0.25) is 0 Å². The van der Waals surface area contributed by atoms with E-state index in [0.717, 1.165) is 17.7 Å². The molecule has 1 nitrogen and oxygen atoms in total. The molecular formula is C17H18F3N. The highest BCUT2D eigenvalue weighted by Gasteiger charge is 2.30. The number of hydrogen-bond acceptors (Lipinski definition) is 1. The van der Waals surface area contributed by atoms with Gasteiger partial charge in [0, 0.05) is 0 Å². The Morgan fingerprint density at radius 2 is 1.14 bits per heavy atom. The second-order valence-electron chi connectivity index (χ2n) is 5.42. The second-order valence-corrected chi connectivity index (χ2v) is 5.42. The van der Waals surface area contributed by atoms with Crippen molar-refractivity contribution in [1.82, 2.24) is 0 Å². The van der Waals surface area contributed by atoms with Crippen LogP contribution in [-0.2, 0) is 6.18 Å². The minimum Gasteiger partial charge on any atom is -0.320 e. The molecule has 0 aromatic heterocycles. The minimum absolute atomic E-state index is 0.423. The largest absolute Gasteiger partial charge is 0.416 e. The summed E-state index contributed by atoms with van der Waals surface area (Å²) in [5.74, 6) is 0.432. The molecule has 0 aliphatic rings. The maximum absolute atomic E-state index is 12.5. The Balaban J connectivity index is 2.21. The van der Waals surface area contributed by atoms with Crippen LogP contribution in [0.25, 0.3) is 0 Å². The number of rotatable bonds is 3. The molecule has 0 amide bonds. The zero-order valence-corrected chi connectivity index (χ0v) is 12.0. The lowest BCUT2D eigenvalue weighted by Gasteiger charge is -2.15. The zero-order valence-electron chi connectivity index (χ0n) is 12.0. The van der Waals surface area contributed by atoms with Crippen LogP contribution < -0.4 is 5.73 Å². The molecule has 0 heterocycles. The summed E-state index contributed by atoms with van der Waals surface area (Å²) >= 11 is 0. The summed E-state index contributed by atoms with van der Waals surface area (Å²) in [6.07, 6.45) is -4.32. The van der Waals surface area contributed by atoms with E-state index in [4.69, 9.17) is 5.73 Å². The van der Waals surface area contributed by atoms with E-state index in [1.807, 2.05) is 24.3 Å². The van der Waals surface area contributed by atoms with Crippen molar-refractivity contribution in [3.05, 3.63) is 70.8 Å². The van der Waals surface area contributed by atoms with E-state index in [1.54, 1.807) is 0 Å². The van der Waals surface area contributed by atoms with Gasteiger partial charge in [-0.1, -0.05) is 50.2 Å². The van der Waals surface area contributed by atoms with Gasteiger partial charge in [-0.05, 0) is 34.7 Å². The number of benzene rings is 2. The summed E-state index contributed by atoms with van der Waals surface area (Å²) in [6.45, 7) is 4.20. The molecule has 1 atom stereocenters. The predicted molar refractivity (Wildman–Crippen MR) is 78.0 cm³/mol. The van der Waals surface area contributed by atoms with Crippen molar-refractivity contribution in [3.63, 3.8) is 0 Å². The van der Waals surface area contributed by atoms with Crippen LogP contribution in [0.2, 0.25) is 0 Å². The highest BCUT2D eigenvalue weighted by atomic mass is 19.4. The first-order valence-corrected chi connectivity index (χ1v) is 6.81. The van der Waals surface area contributed by atoms with E-state index >= 15 is 0 Å². The Hall–Kier alpha value is -1.81. The van der Waals surface area contributed by atoms with Crippen LogP contribution in [0.1, 0.15) is 48.1 Å². The van der Waals surface area contributed by atoms with Crippen molar-refractivity contribution in [3.8, 4) is 0 Å². The summed E-state index contributed by atoms with van der Waals surface area (Å²) in [7, 11) is 0. The predicted octanol–water partition coefficient (Wildman–Crippen LogP) is 4.88. The highest BCUT2D eigenvalue weighted by molar-refractivity contribution is 5.35. The maximum Gasteiger partial charge on any atom is 0.416 e. The highest BCUT2D eigenvalue weighted by Crippen LogP contribution is 2.30. The van der Waals surface area contributed by atoms with Crippen LogP contribution in [0, 0.1) is 0 Å². The molecule has 2 aromatic rings. The van der Waals surface area contributed by atoms with Gasteiger partial charge in [-0.25, -0.2) is 0 Å². The first-order valence-electron chi connectivity index (χ1n) is 6.81. The van der Waals surface area contributed by atoms with Crippen molar-refractivity contribution in [2.45, 2.75) is 32.0 Å². The average molecular weight is 293 g/mol. The van der Waals surface area contributed by atoms with Crippen molar-refractivity contribution in [2.24, 2.45) is 5.73 Å². The first-order chi connectivity index (χ1) is 9.79. The summed E-state index contributed by atoms with van der Waals surface area (Å²) in [6, 6.07) is 12.4. The lowest BCUT2D eigenvalue weighted by atomic mass is 9.95. The quantitative estimate of drug-likeness (QED) is 0.857. The Morgan fingerprint density at radius 1 is 0.762 bits per heavy atom. The molecule has 0 radical (unpaired) electrons. The molecule has 0 spiro atoms. The van der Waals surface area contributed by atoms with E-state index in [9.17, 15) is 13.2 Å². The van der Waals surface area contributed by atoms with Crippen LogP contribution in [0.5, 0.6) is 0 Å². The molecule has 21 heavy (non-hydrogen) atoms. The topological polar surface area (TPSA) is 26.0 Å². The molecule has 0 aliphatic heterocycles. The normalized spacial score (nSPS) is 13.5. The molecule has 1 unspecified atom stereocenters. The van der Waals surface area contributed by atoms with E-state index in [2.05, 4.69) is 13.8 Å². The van der Waals surface area contributed by atoms with Gasteiger partial charge in [0.15, 0.2) is 0 Å². The van der Waals surface area contributed by atoms with E-state index in [-0.39, 0.29) is 0 Å². The van der Waals surface area contributed by atoms with Gasteiger partial charge in [0.05, 0.1) is 11.6 Å². The molecule has 2 aromatic carbocycles. The Morgan fingerprint density at radius 3 is 1.52 bits per heavy atom. The van der Waals surface area contributed by atoms with Gasteiger partial charge in [0.25, 0.3) is 0 Å². The van der Waals surface area contributed by atoms with Gasteiger partial charge in [-0.2, -0.15) is 13.2 Å². The molecule has 2 N–H and O–H groups in total. The van der Waals surface area contributed by atoms with E-state index in [0.29, 0.717) is 11.5 Å². The maximum atomic E-state index is 12.5. The van der Waals surface area contributed by atoms with Gasteiger partial charge < -0.3 is 5.73 Å². The third kappa shape index (κ3) is 3.64. The van der Waals surface area contributed by atoms with Crippen LogP contribution in [0.4, 0.5) is 13.2 Å². The fourth-order valence-electron chi connectivity index (χ4n) is 2.16. The molecule has 0 bridgehead atoms. The van der Waals surface area contributed by atoms with Crippen molar-refractivity contribution < 1.29 is 13.2 Å². The first kappa shape index (κ1) is 15.6. The van der Waals surface area contributed by atoms with E-state index in [1.165, 1.54) is 17.7 Å². The molecule has 0 fully saturated rings. The SMILES string of the molecule is CC(C)c1ccc(C(N)c2ccc(C(F)(F)F)cc2)cc1. The molecule has 4 heteroatoms. The average Bonchev–Trinajstić information content (AvgIpc) is 2.46. The molecule has 0 saturated heterocycles.